The second-order valence-corrected chi connectivity index (χ2v) is 8.30. The molecule has 3 rings (SSSR count). The molecule has 1 N–H and O–H groups in total. The molecule has 0 saturated carbocycles. The minimum Gasteiger partial charge on any atom is -0.469 e. The molecule has 0 spiro atoms. The van der Waals surface area contributed by atoms with Crippen molar-refractivity contribution in [2.24, 2.45) is 0 Å². The lowest BCUT2D eigenvalue weighted by Crippen LogP contribution is -2.47. The third-order valence-electron chi connectivity index (χ3n) is 6.14. The summed E-state index contributed by atoms with van der Waals surface area (Å²) in [7, 11) is 1.40. The van der Waals surface area contributed by atoms with Crippen LogP contribution >= 0.6 is 0 Å². The van der Waals surface area contributed by atoms with E-state index < -0.39 is 0 Å². The van der Waals surface area contributed by atoms with Gasteiger partial charge in [0.2, 0.25) is 0 Å². The van der Waals surface area contributed by atoms with Crippen molar-refractivity contribution in [1.82, 2.24) is 10.2 Å². The van der Waals surface area contributed by atoms with Crippen LogP contribution in [0.5, 0.6) is 0 Å². The Kier molecular flexibility index (Phi) is 7.29. The van der Waals surface area contributed by atoms with Crippen LogP contribution in [-0.2, 0) is 20.7 Å². The molecule has 0 fully saturated rings. The number of rotatable bonds is 8. The molecule has 2 aromatic rings. The maximum Gasteiger partial charge on any atom is 0.307 e. The summed E-state index contributed by atoms with van der Waals surface area (Å²) >= 11 is 0. The van der Waals surface area contributed by atoms with Gasteiger partial charge in [-0.05, 0) is 56.4 Å². The average molecular weight is 421 g/mol. The maximum absolute atomic E-state index is 13.0. The van der Waals surface area contributed by atoms with E-state index in [9.17, 15) is 9.59 Å². The summed E-state index contributed by atoms with van der Waals surface area (Å²) in [6, 6.07) is 16.1. The zero-order valence-electron chi connectivity index (χ0n) is 19.1. The van der Waals surface area contributed by atoms with Crippen LogP contribution in [0, 0.1) is 13.8 Å². The number of aryl methyl sites for hydroxylation is 2. The average Bonchev–Trinajstić information content (AvgIpc) is 2.96. The quantitative estimate of drug-likeness (QED) is 0.649. The Labute approximate surface area is 185 Å². The first-order valence-electron chi connectivity index (χ1n) is 10.7. The lowest BCUT2D eigenvalue weighted by molar-refractivity contribution is -0.141. The maximum atomic E-state index is 13.0. The van der Waals surface area contributed by atoms with E-state index in [1.165, 1.54) is 18.2 Å². The molecule has 0 saturated heterocycles. The van der Waals surface area contributed by atoms with Crippen LogP contribution in [0.1, 0.15) is 48.6 Å². The van der Waals surface area contributed by atoms with Crippen LogP contribution in [0.25, 0.3) is 0 Å². The zero-order valence-corrected chi connectivity index (χ0v) is 19.1. The molecule has 0 aliphatic carbocycles. The van der Waals surface area contributed by atoms with Crippen molar-refractivity contribution >= 4 is 11.9 Å². The van der Waals surface area contributed by atoms with Gasteiger partial charge in [0.05, 0.1) is 13.5 Å². The first kappa shape index (κ1) is 22.8. The van der Waals surface area contributed by atoms with Crippen molar-refractivity contribution in [3.05, 3.63) is 81.9 Å². The van der Waals surface area contributed by atoms with Crippen LogP contribution in [0.15, 0.2) is 59.7 Å². The fraction of sp³-hybridized carbons (Fsp3) is 0.385. The first-order valence-corrected chi connectivity index (χ1v) is 10.7. The van der Waals surface area contributed by atoms with Gasteiger partial charge in [0, 0.05) is 18.2 Å². The van der Waals surface area contributed by atoms with Crippen molar-refractivity contribution in [2.45, 2.75) is 52.7 Å². The molecule has 1 heterocycles. The molecule has 0 aromatic heterocycles. The van der Waals surface area contributed by atoms with Crippen molar-refractivity contribution in [1.29, 1.82) is 0 Å². The van der Waals surface area contributed by atoms with Gasteiger partial charge in [-0.25, -0.2) is 0 Å². The Morgan fingerprint density at radius 2 is 1.81 bits per heavy atom. The van der Waals surface area contributed by atoms with E-state index in [4.69, 9.17) is 4.74 Å². The summed E-state index contributed by atoms with van der Waals surface area (Å²) in [6.07, 6.45) is 0.715. The molecule has 1 aliphatic heterocycles. The van der Waals surface area contributed by atoms with Crippen LogP contribution in [0.3, 0.4) is 0 Å². The molecule has 0 unspecified atom stereocenters. The van der Waals surface area contributed by atoms with Crippen LogP contribution in [0.4, 0.5) is 0 Å². The van der Waals surface area contributed by atoms with E-state index in [1.807, 2.05) is 36.9 Å². The Morgan fingerprint density at radius 3 is 2.45 bits per heavy atom. The Hall–Kier alpha value is -2.92. The highest BCUT2D eigenvalue weighted by atomic mass is 16.5. The summed E-state index contributed by atoms with van der Waals surface area (Å²) in [4.78, 5) is 27.1. The number of nitrogens with zero attached hydrogens (tertiary/aromatic N) is 1. The highest BCUT2D eigenvalue weighted by molar-refractivity contribution is 5.97. The SMILES string of the molecule is COC(=O)C[C@@H](N[C@@H]1C(C)=C(C)C(=O)N1CCc1ccccc1)c1ccc(C)cc1C. The minimum absolute atomic E-state index is 0.0448. The monoisotopic (exact) mass is 420 g/mol. The lowest BCUT2D eigenvalue weighted by Gasteiger charge is -2.32. The van der Waals surface area contributed by atoms with E-state index in [2.05, 4.69) is 49.5 Å². The highest BCUT2D eigenvalue weighted by Gasteiger charge is 2.36. The standard InChI is InChI=1S/C26H32N2O3/c1-17-11-12-22(18(2)15-17)23(16-24(29)31-5)27-25-19(3)20(4)26(30)28(25)14-13-21-9-7-6-8-10-21/h6-12,15,23,25,27H,13-14,16H2,1-5H3/t23-,25+/m1/s1. The van der Waals surface area contributed by atoms with E-state index in [1.54, 1.807) is 0 Å². The normalized spacial score (nSPS) is 17.3. The van der Waals surface area contributed by atoms with E-state index in [0.29, 0.717) is 6.54 Å². The number of carbonyl (C=O) groups is 2. The van der Waals surface area contributed by atoms with Crippen LogP contribution in [-0.4, -0.2) is 36.6 Å². The minimum atomic E-state index is -0.281. The first-order chi connectivity index (χ1) is 14.8. The number of hydrogen-bond donors (Lipinski definition) is 1. The molecule has 5 nitrogen and oxygen atoms in total. The second-order valence-electron chi connectivity index (χ2n) is 8.30. The molecule has 5 heteroatoms. The van der Waals surface area contributed by atoms with Gasteiger partial charge >= 0.3 is 5.97 Å². The van der Waals surface area contributed by atoms with Gasteiger partial charge in [-0.1, -0.05) is 54.1 Å². The smallest absolute Gasteiger partial charge is 0.307 e. The third-order valence-corrected chi connectivity index (χ3v) is 6.14. The molecule has 164 valence electrons. The van der Waals surface area contributed by atoms with Gasteiger partial charge in [-0.3, -0.25) is 14.9 Å². The molecule has 1 aliphatic rings. The van der Waals surface area contributed by atoms with Crippen LogP contribution < -0.4 is 5.32 Å². The lowest BCUT2D eigenvalue weighted by atomic mass is 9.96. The molecule has 0 radical (unpaired) electrons. The Morgan fingerprint density at radius 1 is 1.10 bits per heavy atom. The number of hydrogen-bond acceptors (Lipinski definition) is 4. The van der Waals surface area contributed by atoms with Gasteiger partial charge < -0.3 is 9.64 Å². The van der Waals surface area contributed by atoms with Crippen molar-refractivity contribution in [3.8, 4) is 0 Å². The number of methoxy groups -OCH3 is 1. The van der Waals surface area contributed by atoms with Crippen molar-refractivity contribution in [3.63, 3.8) is 0 Å². The van der Waals surface area contributed by atoms with E-state index in [0.717, 1.165) is 28.7 Å². The summed E-state index contributed by atoms with van der Waals surface area (Å²) in [5.41, 5.74) is 6.28. The molecular formula is C26H32N2O3. The molecular weight excluding hydrogens is 388 g/mol. The summed E-state index contributed by atoms with van der Waals surface area (Å²) in [5.74, 6) is -0.237. The third kappa shape index (κ3) is 5.23. The zero-order chi connectivity index (χ0) is 22.5. The van der Waals surface area contributed by atoms with Gasteiger partial charge in [0.15, 0.2) is 0 Å². The van der Waals surface area contributed by atoms with Gasteiger partial charge in [0.25, 0.3) is 5.91 Å². The molecule has 2 atom stereocenters. The number of ether oxygens (including phenoxy) is 1. The Balaban J connectivity index is 1.86. The Bertz CT molecular complexity index is 981. The number of carbonyl (C=O) groups excluding carboxylic acids is 2. The largest absolute Gasteiger partial charge is 0.469 e. The molecule has 31 heavy (non-hydrogen) atoms. The molecule has 0 bridgehead atoms. The van der Waals surface area contributed by atoms with Gasteiger partial charge in [-0.2, -0.15) is 0 Å². The summed E-state index contributed by atoms with van der Waals surface area (Å²) < 4.78 is 4.96. The van der Waals surface area contributed by atoms with Gasteiger partial charge in [0.1, 0.15) is 6.17 Å². The number of nitrogens with one attached hydrogen (secondary N) is 1. The van der Waals surface area contributed by atoms with Gasteiger partial charge in [-0.15, -0.1) is 0 Å². The van der Waals surface area contributed by atoms with Crippen molar-refractivity contribution in [2.75, 3.05) is 13.7 Å². The number of amides is 1. The van der Waals surface area contributed by atoms with E-state index in [-0.39, 0.29) is 30.5 Å². The topological polar surface area (TPSA) is 58.6 Å². The number of benzene rings is 2. The fourth-order valence-electron chi connectivity index (χ4n) is 4.20. The summed E-state index contributed by atoms with van der Waals surface area (Å²) in [6.45, 7) is 8.57. The molecule has 2 aromatic carbocycles. The number of esters is 1. The van der Waals surface area contributed by atoms with E-state index >= 15 is 0 Å². The fourth-order valence-corrected chi connectivity index (χ4v) is 4.20. The second kappa shape index (κ2) is 9.92. The van der Waals surface area contributed by atoms with Crippen LogP contribution in [0.2, 0.25) is 0 Å². The highest BCUT2D eigenvalue weighted by Crippen LogP contribution is 2.29. The molecule has 1 amide bonds. The van der Waals surface area contributed by atoms with Crippen molar-refractivity contribution < 1.29 is 14.3 Å². The summed E-state index contributed by atoms with van der Waals surface area (Å²) in [5, 5.41) is 3.60. The predicted octanol–water partition coefficient (Wildman–Crippen LogP) is 4.24. The predicted molar refractivity (Wildman–Crippen MR) is 122 cm³/mol.